The Morgan fingerprint density at radius 2 is 1.86 bits per heavy atom. The van der Waals surface area contributed by atoms with Crippen LogP contribution in [0.1, 0.15) is 25.1 Å². The number of hydrogen-bond donors (Lipinski definition) is 1. The van der Waals surface area contributed by atoms with Gasteiger partial charge < -0.3 is 19.5 Å². The molecule has 0 saturated carbocycles. The molecule has 3 heterocycles. The van der Waals surface area contributed by atoms with Gasteiger partial charge in [-0.05, 0) is 43.5 Å². The summed E-state index contributed by atoms with van der Waals surface area (Å²) >= 11 is 0. The summed E-state index contributed by atoms with van der Waals surface area (Å²) in [6.07, 6.45) is 2.89. The van der Waals surface area contributed by atoms with Gasteiger partial charge in [-0.15, -0.1) is 0 Å². The van der Waals surface area contributed by atoms with Crippen molar-refractivity contribution >= 4 is 22.6 Å². The number of benzene rings is 2. The van der Waals surface area contributed by atoms with E-state index in [-0.39, 0.29) is 5.91 Å². The minimum atomic E-state index is -0.475. The van der Waals surface area contributed by atoms with Gasteiger partial charge in [0.1, 0.15) is 11.6 Å². The molecule has 5 rings (SSSR count). The van der Waals surface area contributed by atoms with Crippen LogP contribution in [0, 0.1) is 0 Å². The molecular weight excluding hydrogens is 352 g/mol. The second kappa shape index (κ2) is 7.19. The number of nitrogens with zero attached hydrogens (tertiary/aromatic N) is 3. The van der Waals surface area contributed by atoms with Crippen molar-refractivity contribution < 1.29 is 9.53 Å². The Balaban J connectivity index is 1.41. The Bertz CT molecular complexity index is 960. The van der Waals surface area contributed by atoms with Crippen LogP contribution in [-0.2, 0) is 11.3 Å². The summed E-state index contributed by atoms with van der Waals surface area (Å²) in [5, 5.41) is 0. The molecule has 0 aliphatic carbocycles. The number of hydrogen-bond acceptors (Lipinski definition) is 4. The van der Waals surface area contributed by atoms with E-state index >= 15 is 0 Å². The maximum atomic E-state index is 13.1. The van der Waals surface area contributed by atoms with E-state index in [1.54, 1.807) is 0 Å². The second-order valence-corrected chi connectivity index (χ2v) is 7.54. The highest BCUT2D eigenvalue weighted by Gasteiger charge is 2.34. The van der Waals surface area contributed by atoms with Crippen molar-refractivity contribution in [1.82, 2.24) is 14.9 Å². The van der Waals surface area contributed by atoms with Crippen molar-refractivity contribution in [3.8, 4) is 5.75 Å². The Morgan fingerprint density at radius 3 is 2.71 bits per heavy atom. The van der Waals surface area contributed by atoms with Crippen molar-refractivity contribution in [2.24, 2.45) is 0 Å². The molecule has 1 atom stereocenters. The smallest absolute Gasteiger partial charge is 0.265 e. The fraction of sp³-hybridized carbons (Fsp3) is 0.364. The van der Waals surface area contributed by atoms with Gasteiger partial charge in [0.2, 0.25) is 0 Å². The summed E-state index contributed by atoms with van der Waals surface area (Å²) in [5.74, 6) is 1.76. The van der Waals surface area contributed by atoms with Gasteiger partial charge in [0.15, 0.2) is 6.10 Å². The van der Waals surface area contributed by atoms with Crippen LogP contribution in [0.2, 0.25) is 0 Å². The monoisotopic (exact) mass is 376 g/mol. The number of rotatable bonds is 3. The van der Waals surface area contributed by atoms with Gasteiger partial charge in [-0.1, -0.05) is 24.3 Å². The lowest BCUT2D eigenvalue weighted by Crippen LogP contribution is -2.51. The molecule has 0 unspecified atom stereocenters. The molecule has 6 nitrogen and oxygen atoms in total. The Kier molecular flexibility index (Phi) is 4.39. The van der Waals surface area contributed by atoms with Gasteiger partial charge in [-0.2, -0.15) is 0 Å². The molecule has 0 bridgehead atoms. The summed E-state index contributed by atoms with van der Waals surface area (Å²) in [6, 6.07) is 16.0. The molecule has 2 aliphatic heterocycles. The van der Waals surface area contributed by atoms with E-state index in [4.69, 9.17) is 9.72 Å². The van der Waals surface area contributed by atoms with E-state index < -0.39 is 6.10 Å². The van der Waals surface area contributed by atoms with Crippen molar-refractivity contribution in [2.75, 3.05) is 24.5 Å². The summed E-state index contributed by atoms with van der Waals surface area (Å²) in [6.45, 7) is 2.82. The Hall–Kier alpha value is -3.02. The van der Waals surface area contributed by atoms with E-state index in [1.807, 2.05) is 53.4 Å². The van der Waals surface area contributed by atoms with Gasteiger partial charge in [-0.3, -0.25) is 4.79 Å². The van der Waals surface area contributed by atoms with Gasteiger partial charge in [0, 0.05) is 13.1 Å². The number of amides is 1. The van der Waals surface area contributed by atoms with Crippen LogP contribution in [0.5, 0.6) is 5.75 Å². The molecule has 6 heteroatoms. The number of H-pyrrole nitrogens is 1. The molecule has 1 N–H and O–H groups in total. The number of anilines is 1. The highest BCUT2D eigenvalue weighted by atomic mass is 16.5. The number of para-hydroxylation sites is 4. The molecule has 144 valence electrons. The molecule has 0 spiro atoms. The van der Waals surface area contributed by atoms with Crippen molar-refractivity contribution in [3.05, 3.63) is 54.4 Å². The molecule has 1 fully saturated rings. The first-order valence-electron chi connectivity index (χ1n) is 10.0. The van der Waals surface area contributed by atoms with Crippen LogP contribution in [0.25, 0.3) is 11.0 Å². The number of ether oxygens (including phenoxy) is 1. The van der Waals surface area contributed by atoms with E-state index in [0.29, 0.717) is 13.1 Å². The van der Waals surface area contributed by atoms with E-state index in [9.17, 15) is 4.79 Å². The quantitative estimate of drug-likeness (QED) is 0.762. The zero-order chi connectivity index (χ0) is 18.9. The molecule has 1 saturated heterocycles. The number of nitrogens with one attached hydrogen (secondary N) is 1. The first kappa shape index (κ1) is 17.1. The van der Waals surface area contributed by atoms with Crippen LogP contribution in [0.15, 0.2) is 48.5 Å². The number of carbonyl (C=O) groups excluding carboxylic acids is 1. The lowest BCUT2D eigenvalue weighted by molar-refractivity contribution is -0.139. The minimum Gasteiger partial charge on any atom is -0.477 e. The van der Waals surface area contributed by atoms with Crippen LogP contribution in [0.4, 0.5) is 5.69 Å². The summed E-state index contributed by atoms with van der Waals surface area (Å²) in [5.41, 5.74) is 2.99. The largest absolute Gasteiger partial charge is 0.477 e. The predicted octanol–water partition coefficient (Wildman–Crippen LogP) is 3.34. The molecule has 2 aromatic carbocycles. The third-order valence-electron chi connectivity index (χ3n) is 5.58. The molecular formula is C22H24N4O2. The van der Waals surface area contributed by atoms with Crippen LogP contribution >= 0.6 is 0 Å². The predicted molar refractivity (Wildman–Crippen MR) is 108 cm³/mol. The van der Waals surface area contributed by atoms with Gasteiger partial charge in [0.05, 0.1) is 29.8 Å². The average molecular weight is 376 g/mol. The standard InChI is InChI=1S/C22H24N4O2/c27-22(25-12-6-1-7-13-25)20-14-26(18-10-4-5-11-19(18)28-20)15-21-23-16-8-2-3-9-17(16)24-21/h2-5,8-11,20H,1,6-7,12-15H2,(H,23,24)/t20-/m0/s1. The SMILES string of the molecule is O=C([C@@H]1CN(Cc2nc3ccccc3[nH]2)c2ccccc2O1)N1CCCCC1. The number of imidazole rings is 1. The lowest BCUT2D eigenvalue weighted by atomic mass is 10.1. The zero-order valence-electron chi connectivity index (χ0n) is 15.8. The Morgan fingerprint density at radius 1 is 1.07 bits per heavy atom. The third kappa shape index (κ3) is 3.19. The van der Waals surface area contributed by atoms with E-state index in [1.165, 1.54) is 6.42 Å². The number of carbonyl (C=O) groups is 1. The van der Waals surface area contributed by atoms with Crippen molar-refractivity contribution in [2.45, 2.75) is 31.9 Å². The first-order valence-corrected chi connectivity index (χ1v) is 10.0. The van der Waals surface area contributed by atoms with E-state index in [0.717, 1.165) is 54.2 Å². The average Bonchev–Trinajstić information content (AvgIpc) is 3.16. The molecule has 28 heavy (non-hydrogen) atoms. The summed E-state index contributed by atoms with van der Waals surface area (Å²) in [7, 11) is 0. The number of piperidine rings is 1. The molecule has 2 aliphatic rings. The summed E-state index contributed by atoms with van der Waals surface area (Å²) < 4.78 is 6.11. The first-order chi connectivity index (χ1) is 13.8. The lowest BCUT2D eigenvalue weighted by Gasteiger charge is -2.38. The van der Waals surface area contributed by atoms with E-state index in [2.05, 4.69) is 9.88 Å². The maximum absolute atomic E-state index is 13.1. The third-order valence-corrected chi connectivity index (χ3v) is 5.58. The normalized spacial score (nSPS) is 19.4. The molecule has 1 amide bonds. The molecule has 3 aromatic rings. The van der Waals surface area contributed by atoms with Gasteiger partial charge >= 0.3 is 0 Å². The number of fused-ring (bicyclic) bond motifs is 2. The highest BCUT2D eigenvalue weighted by molar-refractivity contribution is 5.83. The van der Waals surface area contributed by atoms with Gasteiger partial charge in [0.25, 0.3) is 5.91 Å². The molecule has 0 radical (unpaired) electrons. The van der Waals surface area contributed by atoms with Crippen LogP contribution in [-0.4, -0.2) is 46.5 Å². The molecule has 1 aromatic heterocycles. The highest BCUT2D eigenvalue weighted by Crippen LogP contribution is 2.34. The second-order valence-electron chi connectivity index (χ2n) is 7.54. The van der Waals surface area contributed by atoms with Crippen molar-refractivity contribution in [3.63, 3.8) is 0 Å². The number of aromatic nitrogens is 2. The van der Waals surface area contributed by atoms with Crippen LogP contribution < -0.4 is 9.64 Å². The van der Waals surface area contributed by atoms with Crippen molar-refractivity contribution in [1.29, 1.82) is 0 Å². The fourth-order valence-corrected chi connectivity index (χ4v) is 4.16. The zero-order valence-corrected chi connectivity index (χ0v) is 15.8. The fourth-order valence-electron chi connectivity index (χ4n) is 4.16. The summed E-state index contributed by atoms with van der Waals surface area (Å²) in [4.78, 5) is 25.3. The number of aromatic amines is 1. The Labute approximate surface area is 164 Å². The van der Waals surface area contributed by atoms with Gasteiger partial charge in [-0.25, -0.2) is 4.98 Å². The topological polar surface area (TPSA) is 61.5 Å². The minimum absolute atomic E-state index is 0.101. The number of likely N-dealkylation sites (tertiary alicyclic amines) is 1. The maximum Gasteiger partial charge on any atom is 0.265 e. The van der Waals surface area contributed by atoms with Crippen LogP contribution in [0.3, 0.4) is 0 Å².